The molecule has 3 rings (SSSR count). The Labute approximate surface area is 140 Å². The van der Waals surface area contributed by atoms with E-state index in [9.17, 15) is 0 Å². The summed E-state index contributed by atoms with van der Waals surface area (Å²) >= 11 is 1.67. The van der Waals surface area contributed by atoms with Crippen LogP contribution in [0, 0.1) is 6.92 Å². The van der Waals surface area contributed by atoms with Gasteiger partial charge in [0.25, 0.3) is 0 Å². The number of para-hydroxylation sites is 2. The summed E-state index contributed by atoms with van der Waals surface area (Å²) in [5.41, 5.74) is 2.16. The van der Waals surface area contributed by atoms with Gasteiger partial charge in [-0.15, -0.1) is 11.3 Å². The molecule has 0 atom stereocenters. The van der Waals surface area contributed by atoms with Gasteiger partial charge in [-0.1, -0.05) is 42.5 Å². The lowest BCUT2D eigenvalue weighted by Crippen LogP contribution is -1.99. The maximum absolute atomic E-state index is 5.95. The summed E-state index contributed by atoms with van der Waals surface area (Å²) in [4.78, 5) is 5.79. The van der Waals surface area contributed by atoms with E-state index in [1.165, 1.54) is 0 Å². The smallest absolute Gasteiger partial charge is 0.161 e. The molecule has 0 aliphatic heterocycles. The summed E-state index contributed by atoms with van der Waals surface area (Å²) in [5.74, 6) is 1.55. The standard InChI is InChI=1S/C19H19NO2S/c1-3-21-16-11-7-8-12-17(16)22-13-18-14(2)20-19(23-18)15-9-5-4-6-10-15/h4-12H,3,13H2,1-2H3. The first-order chi connectivity index (χ1) is 11.3. The second-order valence-corrected chi connectivity index (χ2v) is 6.15. The first-order valence-corrected chi connectivity index (χ1v) is 8.46. The lowest BCUT2D eigenvalue weighted by Gasteiger charge is -2.10. The van der Waals surface area contributed by atoms with Gasteiger partial charge in [-0.3, -0.25) is 0 Å². The number of hydrogen-bond acceptors (Lipinski definition) is 4. The molecule has 23 heavy (non-hydrogen) atoms. The minimum atomic E-state index is 0.500. The van der Waals surface area contributed by atoms with E-state index in [2.05, 4.69) is 17.1 Å². The van der Waals surface area contributed by atoms with E-state index in [4.69, 9.17) is 9.47 Å². The van der Waals surface area contributed by atoms with Crippen molar-refractivity contribution in [1.82, 2.24) is 4.98 Å². The highest BCUT2D eigenvalue weighted by atomic mass is 32.1. The molecule has 2 aromatic carbocycles. The van der Waals surface area contributed by atoms with Crippen molar-refractivity contribution in [2.45, 2.75) is 20.5 Å². The van der Waals surface area contributed by atoms with Crippen molar-refractivity contribution in [3.63, 3.8) is 0 Å². The Hall–Kier alpha value is -2.33. The lowest BCUT2D eigenvalue weighted by molar-refractivity contribution is 0.271. The average Bonchev–Trinajstić information content (AvgIpc) is 2.96. The Kier molecular flexibility index (Phi) is 4.93. The highest BCUT2D eigenvalue weighted by Gasteiger charge is 2.11. The predicted octanol–water partition coefficient (Wildman–Crippen LogP) is 5.10. The van der Waals surface area contributed by atoms with Crippen LogP contribution in [0.2, 0.25) is 0 Å². The van der Waals surface area contributed by atoms with Gasteiger partial charge in [-0.2, -0.15) is 0 Å². The molecule has 0 spiro atoms. The van der Waals surface area contributed by atoms with Crippen molar-refractivity contribution < 1.29 is 9.47 Å². The third-order valence-electron chi connectivity index (χ3n) is 3.42. The molecule has 1 heterocycles. The van der Waals surface area contributed by atoms with Crippen molar-refractivity contribution in [1.29, 1.82) is 0 Å². The van der Waals surface area contributed by atoms with Gasteiger partial charge in [0.15, 0.2) is 11.5 Å². The fourth-order valence-electron chi connectivity index (χ4n) is 2.25. The number of aryl methyl sites for hydroxylation is 1. The highest BCUT2D eigenvalue weighted by Crippen LogP contribution is 2.31. The Balaban J connectivity index is 1.76. The van der Waals surface area contributed by atoms with E-state index in [1.807, 2.05) is 56.3 Å². The third-order valence-corrected chi connectivity index (χ3v) is 4.60. The number of hydrogen-bond donors (Lipinski definition) is 0. The van der Waals surface area contributed by atoms with Gasteiger partial charge in [-0.25, -0.2) is 4.98 Å². The van der Waals surface area contributed by atoms with Crippen LogP contribution in [-0.4, -0.2) is 11.6 Å². The summed E-state index contributed by atoms with van der Waals surface area (Å²) in [6, 6.07) is 18.0. The van der Waals surface area contributed by atoms with Crippen molar-refractivity contribution in [2.75, 3.05) is 6.61 Å². The summed E-state index contributed by atoms with van der Waals surface area (Å²) in [6.45, 7) is 5.12. The summed E-state index contributed by atoms with van der Waals surface area (Å²) < 4.78 is 11.5. The number of nitrogens with zero attached hydrogens (tertiary/aromatic N) is 1. The summed E-state index contributed by atoms with van der Waals surface area (Å²) in [6.07, 6.45) is 0. The van der Waals surface area contributed by atoms with Crippen LogP contribution in [0.15, 0.2) is 54.6 Å². The van der Waals surface area contributed by atoms with E-state index >= 15 is 0 Å². The molecule has 0 amide bonds. The van der Waals surface area contributed by atoms with Crippen LogP contribution in [0.4, 0.5) is 0 Å². The fraction of sp³-hybridized carbons (Fsp3) is 0.211. The fourth-order valence-corrected chi connectivity index (χ4v) is 3.23. The van der Waals surface area contributed by atoms with Gasteiger partial charge in [-0.05, 0) is 26.0 Å². The second kappa shape index (κ2) is 7.29. The van der Waals surface area contributed by atoms with E-state index in [0.717, 1.165) is 32.6 Å². The third kappa shape index (κ3) is 3.71. The van der Waals surface area contributed by atoms with Crippen LogP contribution >= 0.6 is 11.3 Å². The molecule has 0 bridgehead atoms. The molecule has 118 valence electrons. The Bertz CT molecular complexity index is 768. The summed E-state index contributed by atoms with van der Waals surface area (Å²) in [5, 5.41) is 1.03. The minimum Gasteiger partial charge on any atom is -0.490 e. The van der Waals surface area contributed by atoms with Crippen LogP contribution in [0.5, 0.6) is 11.5 Å². The van der Waals surface area contributed by atoms with Crippen LogP contribution < -0.4 is 9.47 Å². The molecular formula is C19H19NO2S. The van der Waals surface area contributed by atoms with Crippen molar-refractivity contribution in [2.24, 2.45) is 0 Å². The number of aromatic nitrogens is 1. The van der Waals surface area contributed by atoms with Crippen LogP contribution in [0.1, 0.15) is 17.5 Å². The maximum atomic E-state index is 5.95. The van der Waals surface area contributed by atoms with E-state index < -0.39 is 0 Å². The van der Waals surface area contributed by atoms with Gasteiger partial charge >= 0.3 is 0 Å². The first kappa shape index (κ1) is 15.6. The normalized spacial score (nSPS) is 10.5. The largest absolute Gasteiger partial charge is 0.490 e. The van der Waals surface area contributed by atoms with Gasteiger partial charge in [0.2, 0.25) is 0 Å². The molecule has 0 fully saturated rings. The van der Waals surface area contributed by atoms with Crippen LogP contribution in [0.3, 0.4) is 0 Å². The van der Waals surface area contributed by atoms with E-state index in [-0.39, 0.29) is 0 Å². The Morgan fingerprint density at radius 1 is 0.913 bits per heavy atom. The quantitative estimate of drug-likeness (QED) is 0.632. The molecule has 0 saturated heterocycles. The van der Waals surface area contributed by atoms with Crippen LogP contribution in [-0.2, 0) is 6.61 Å². The van der Waals surface area contributed by atoms with E-state index in [1.54, 1.807) is 11.3 Å². The van der Waals surface area contributed by atoms with Gasteiger partial charge in [0, 0.05) is 5.56 Å². The molecule has 3 aromatic rings. The molecule has 0 aliphatic rings. The number of rotatable bonds is 6. The van der Waals surface area contributed by atoms with Crippen molar-refractivity contribution in [3.8, 4) is 22.1 Å². The molecule has 0 N–H and O–H groups in total. The summed E-state index contributed by atoms with van der Waals surface area (Å²) in [7, 11) is 0. The van der Waals surface area contributed by atoms with Crippen molar-refractivity contribution in [3.05, 3.63) is 65.2 Å². The molecule has 4 heteroatoms. The maximum Gasteiger partial charge on any atom is 0.161 e. The number of thiazole rings is 1. The molecule has 0 unspecified atom stereocenters. The Morgan fingerprint density at radius 3 is 2.26 bits per heavy atom. The number of ether oxygens (including phenoxy) is 2. The SMILES string of the molecule is CCOc1ccccc1OCc1sc(-c2ccccc2)nc1C. The molecule has 0 aliphatic carbocycles. The predicted molar refractivity (Wildman–Crippen MR) is 94.2 cm³/mol. The van der Waals surface area contributed by atoms with Crippen LogP contribution in [0.25, 0.3) is 10.6 Å². The molecule has 0 saturated carbocycles. The lowest BCUT2D eigenvalue weighted by atomic mass is 10.2. The minimum absolute atomic E-state index is 0.500. The monoisotopic (exact) mass is 325 g/mol. The second-order valence-electron chi connectivity index (χ2n) is 5.06. The molecule has 0 radical (unpaired) electrons. The Morgan fingerprint density at radius 2 is 1.57 bits per heavy atom. The first-order valence-electron chi connectivity index (χ1n) is 7.64. The van der Waals surface area contributed by atoms with Crippen molar-refractivity contribution >= 4 is 11.3 Å². The zero-order valence-electron chi connectivity index (χ0n) is 13.3. The molecule has 3 nitrogen and oxygen atoms in total. The molecule has 1 aromatic heterocycles. The zero-order valence-corrected chi connectivity index (χ0v) is 14.1. The highest BCUT2D eigenvalue weighted by molar-refractivity contribution is 7.15. The zero-order chi connectivity index (χ0) is 16.1. The molecular weight excluding hydrogens is 306 g/mol. The van der Waals surface area contributed by atoms with E-state index in [0.29, 0.717) is 13.2 Å². The average molecular weight is 325 g/mol. The van der Waals surface area contributed by atoms with Gasteiger partial charge in [0.05, 0.1) is 17.2 Å². The number of benzene rings is 2. The van der Waals surface area contributed by atoms with Gasteiger partial charge in [0.1, 0.15) is 11.6 Å². The topological polar surface area (TPSA) is 31.4 Å². The van der Waals surface area contributed by atoms with Gasteiger partial charge < -0.3 is 9.47 Å².